The number of imidazole rings is 1. The number of nitrogens with two attached hydrogens (primary N) is 1. The minimum Gasteiger partial charge on any atom is -0.336 e. The van der Waals surface area contributed by atoms with Crippen LogP contribution in [0.5, 0.6) is 0 Å². The van der Waals surface area contributed by atoms with Gasteiger partial charge in [0.05, 0.1) is 16.6 Å². The number of carbonyl (C=O) groups is 3. The zero-order chi connectivity index (χ0) is 29.8. The average Bonchev–Trinajstić information content (AvgIpc) is 3.66. The van der Waals surface area contributed by atoms with Crippen molar-refractivity contribution < 1.29 is 22.8 Å². The van der Waals surface area contributed by atoms with E-state index < -0.39 is 27.7 Å². The number of aryl methyl sites for hydroxylation is 2. The number of amides is 3. The minimum absolute atomic E-state index is 0.00536. The van der Waals surface area contributed by atoms with Gasteiger partial charge in [-0.15, -0.1) is 0 Å². The highest BCUT2D eigenvalue weighted by molar-refractivity contribution is 7.86. The van der Waals surface area contributed by atoms with E-state index >= 15 is 0 Å². The Kier molecular flexibility index (Phi) is 7.52. The molecular weight excluding hydrogens is 562 g/mol. The van der Waals surface area contributed by atoms with Crippen LogP contribution in [0, 0.1) is 0 Å². The molecule has 14 heteroatoms. The topological polar surface area (TPSA) is 160 Å². The highest BCUT2D eigenvalue weighted by atomic mass is 32.2. The number of carbonyl (C=O) groups excluding carboxylic acids is 3. The van der Waals surface area contributed by atoms with Crippen molar-refractivity contribution in [2.24, 2.45) is 12.8 Å². The average molecular weight is 602 g/mol. The zero-order valence-corrected chi connectivity index (χ0v) is 24.8. The molecule has 13 nitrogen and oxygen atoms in total. The molecule has 3 N–H and O–H groups in total. The summed E-state index contributed by atoms with van der Waals surface area (Å²) in [6.45, 7) is 2.22. The van der Waals surface area contributed by atoms with E-state index in [0.717, 1.165) is 18.4 Å². The normalized spacial score (nSPS) is 26.5. The quantitative estimate of drug-likeness (QED) is 0.440. The minimum atomic E-state index is -3.59. The molecule has 0 aliphatic carbocycles. The lowest BCUT2D eigenvalue weighted by Gasteiger charge is -2.36. The second-order valence-corrected chi connectivity index (χ2v) is 14.1. The number of likely N-dealkylation sites (tertiary alicyclic amines) is 1. The van der Waals surface area contributed by atoms with Crippen molar-refractivity contribution in [3.8, 4) is 0 Å². The first-order valence-electron chi connectivity index (χ1n) is 14.8. The van der Waals surface area contributed by atoms with E-state index in [1.165, 1.54) is 13.4 Å². The second-order valence-electron chi connectivity index (χ2n) is 12.2. The van der Waals surface area contributed by atoms with Crippen LogP contribution < -0.4 is 16.7 Å². The second kappa shape index (κ2) is 10.9. The molecule has 2 atom stereocenters. The van der Waals surface area contributed by atoms with E-state index in [2.05, 4.69) is 5.32 Å². The predicted octanol–water partition coefficient (Wildman–Crippen LogP) is -0.0149. The summed E-state index contributed by atoms with van der Waals surface area (Å²) in [6.07, 6.45) is 4.76. The number of imide groups is 1. The smallest absolute Gasteiger partial charge is 0.329 e. The number of benzene rings is 1. The number of piperidine rings is 2. The van der Waals surface area contributed by atoms with Crippen molar-refractivity contribution in [1.29, 1.82) is 0 Å². The molecule has 0 radical (unpaired) electrons. The molecule has 1 spiro atoms. The van der Waals surface area contributed by atoms with Gasteiger partial charge in [-0.3, -0.25) is 28.8 Å². The first kappa shape index (κ1) is 29.0. The summed E-state index contributed by atoms with van der Waals surface area (Å²) < 4.78 is 32.7. The first-order valence-corrected chi connectivity index (χ1v) is 16.2. The van der Waals surface area contributed by atoms with Crippen LogP contribution in [-0.4, -0.2) is 93.1 Å². The molecule has 0 saturated carbocycles. The summed E-state index contributed by atoms with van der Waals surface area (Å²) in [6, 6.07) is 4.83. The van der Waals surface area contributed by atoms with E-state index in [4.69, 9.17) is 5.73 Å². The van der Waals surface area contributed by atoms with Crippen molar-refractivity contribution in [1.82, 2.24) is 28.0 Å². The molecule has 4 saturated heterocycles. The number of nitrogens with one attached hydrogen (secondary N) is 1. The number of fused-ring (bicyclic) bond motifs is 1. The monoisotopic (exact) mass is 601 g/mol. The van der Waals surface area contributed by atoms with E-state index in [-0.39, 0.29) is 42.8 Å². The number of nitrogens with zero attached hydrogens (tertiary/aromatic N) is 5. The van der Waals surface area contributed by atoms with Gasteiger partial charge in [-0.1, -0.05) is 6.07 Å². The Hall–Kier alpha value is -3.07. The van der Waals surface area contributed by atoms with Crippen molar-refractivity contribution in [2.75, 3.05) is 32.7 Å². The van der Waals surface area contributed by atoms with E-state index in [1.54, 1.807) is 17.4 Å². The number of rotatable bonds is 6. The van der Waals surface area contributed by atoms with Crippen molar-refractivity contribution in [3.05, 3.63) is 34.2 Å². The van der Waals surface area contributed by atoms with Gasteiger partial charge in [0.25, 0.3) is 10.2 Å². The first-order chi connectivity index (χ1) is 20.0. The Morgan fingerprint density at radius 1 is 1.02 bits per heavy atom. The van der Waals surface area contributed by atoms with Gasteiger partial charge in [0.2, 0.25) is 17.7 Å². The van der Waals surface area contributed by atoms with Crippen LogP contribution in [0.2, 0.25) is 0 Å². The van der Waals surface area contributed by atoms with Crippen LogP contribution in [-0.2, 0) is 38.1 Å². The fourth-order valence-corrected chi connectivity index (χ4v) is 8.94. The molecule has 2 aromatic rings. The summed E-state index contributed by atoms with van der Waals surface area (Å²) in [5.74, 6) is -0.810. The lowest BCUT2D eigenvalue weighted by atomic mass is 9.94. The molecule has 6 rings (SSSR count). The van der Waals surface area contributed by atoms with Crippen molar-refractivity contribution in [2.45, 2.75) is 75.4 Å². The third-order valence-electron chi connectivity index (χ3n) is 9.65. The number of hydrogen-bond acceptors (Lipinski definition) is 7. The van der Waals surface area contributed by atoms with Gasteiger partial charge in [0.15, 0.2) is 0 Å². The van der Waals surface area contributed by atoms with Gasteiger partial charge < -0.3 is 10.6 Å². The summed E-state index contributed by atoms with van der Waals surface area (Å²) in [4.78, 5) is 52.6. The van der Waals surface area contributed by atoms with Crippen LogP contribution in [0.25, 0.3) is 11.0 Å². The Morgan fingerprint density at radius 2 is 1.79 bits per heavy atom. The molecule has 4 aliphatic rings. The standard InChI is InChI=1S/C28H39N7O6S/c1-31-23-17-19(3-5-21(23)35(27(31)39)22-6-7-24(36)30-26(22)38)4-8-25(37)34-13-2-11-28(34)12-16-33(18-28)42(40,41)32-14-9-20(29)10-15-32/h3,5,17,20,22H,2,4,6-16,18,29H2,1H3,(H,30,36,38). The summed E-state index contributed by atoms with van der Waals surface area (Å²) >= 11 is 0. The number of hydrogen-bond donors (Lipinski definition) is 2. The Bertz CT molecular complexity index is 1590. The third kappa shape index (κ3) is 4.97. The lowest BCUT2D eigenvalue weighted by molar-refractivity contribution is -0.136. The van der Waals surface area contributed by atoms with Gasteiger partial charge >= 0.3 is 5.69 Å². The van der Waals surface area contributed by atoms with Gasteiger partial charge in [-0.05, 0) is 62.6 Å². The van der Waals surface area contributed by atoms with Crippen molar-refractivity contribution in [3.63, 3.8) is 0 Å². The summed E-state index contributed by atoms with van der Waals surface area (Å²) in [7, 11) is -1.95. The van der Waals surface area contributed by atoms with Gasteiger partial charge in [-0.2, -0.15) is 17.0 Å². The van der Waals surface area contributed by atoms with Gasteiger partial charge in [0, 0.05) is 58.7 Å². The summed E-state index contributed by atoms with van der Waals surface area (Å²) in [5, 5.41) is 2.32. The Labute approximate surface area is 244 Å². The SMILES string of the molecule is Cn1c(=O)n(C2CCC(=O)NC2=O)c2ccc(CCC(=O)N3CCCC34CCN(S(=O)(=O)N3CCC(N)CC3)C4)cc21. The van der Waals surface area contributed by atoms with Crippen LogP contribution in [0.4, 0.5) is 0 Å². The molecule has 4 aliphatic heterocycles. The highest BCUT2D eigenvalue weighted by Crippen LogP contribution is 2.40. The third-order valence-corrected chi connectivity index (χ3v) is 11.6. The van der Waals surface area contributed by atoms with Crippen molar-refractivity contribution >= 4 is 39.0 Å². The van der Waals surface area contributed by atoms with Gasteiger partial charge in [0.1, 0.15) is 6.04 Å². The van der Waals surface area contributed by atoms with Crippen LogP contribution in [0.1, 0.15) is 63.0 Å². The maximum absolute atomic E-state index is 13.5. The highest BCUT2D eigenvalue weighted by Gasteiger charge is 2.51. The Morgan fingerprint density at radius 3 is 2.52 bits per heavy atom. The predicted molar refractivity (Wildman–Crippen MR) is 154 cm³/mol. The molecule has 5 heterocycles. The van der Waals surface area contributed by atoms with E-state index in [0.29, 0.717) is 69.4 Å². The van der Waals surface area contributed by atoms with Crippen LogP contribution >= 0.6 is 0 Å². The molecule has 42 heavy (non-hydrogen) atoms. The van der Waals surface area contributed by atoms with E-state index in [9.17, 15) is 27.6 Å². The maximum Gasteiger partial charge on any atom is 0.329 e. The molecule has 4 fully saturated rings. The fourth-order valence-electron chi connectivity index (χ4n) is 7.22. The molecule has 0 bridgehead atoms. The van der Waals surface area contributed by atoms with E-state index in [1.807, 2.05) is 17.0 Å². The Balaban J connectivity index is 1.14. The molecule has 228 valence electrons. The molecule has 2 unspecified atom stereocenters. The van der Waals surface area contributed by atoms with Crippen LogP contribution in [0.3, 0.4) is 0 Å². The molecular formula is C28H39N7O6S. The largest absolute Gasteiger partial charge is 0.336 e. The maximum atomic E-state index is 13.5. The fraction of sp³-hybridized carbons (Fsp3) is 0.643. The molecule has 1 aromatic heterocycles. The molecule has 1 aromatic carbocycles. The summed E-state index contributed by atoms with van der Waals surface area (Å²) in [5.41, 5.74) is 7.32. The number of aromatic nitrogens is 2. The zero-order valence-electron chi connectivity index (χ0n) is 24.0. The lowest BCUT2D eigenvalue weighted by Crippen LogP contribution is -2.52. The molecule has 3 amide bonds. The van der Waals surface area contributed by atoms with Crippen LogP contribution in [0.15, 0.2) is 23.0 Å². The van der Waals surface area contributed by atoms with Gasteiger partial charge in [-0.25, -0.2) is 4.79 Å².